The fourth-order valence-electron chi connectivity index (χ4n) is 6.09. The third-order valence-electron chi connectivity index (χ3n) is 7.53. The molecule has 4 rings (SSSR count). The molecule has 7 atom stereocenters. The largest absolute Gasteiger partial charge is 0.469 e. The normalized spacial score (nSPS) is 37.1. The summed E-state index contributed by atoms with van der Waals surface area (Å²) in [4.78, 5) is 50.9. The molecule has 2 aliphatic carbocycles. The molecule has 3 aliphatic rings. The molecular weight excluding hydrogens is 400 g/mol. The predicted octanol–water partition coefficient (Wildman–Crippen LogP) is 3.02. The molecule has 7 nitrogen and oxygen atoms in total. The van der Waals surface area contributed by atoms with Crippen molar-refractivity contribution < 1.29 is 33.4 Å². The third kappa shape index (κ3) is 3.64. The number of methoxy groups -OCH3 is 1. The van der Waals surface area contributed by atoms with Gasteiger partial charge in [0.15, 0.2) is 11.9 Å². The van der Waals surface area contributed by atoms with Gasteiger partial charge in [0, 0.05) is 19.3 Å². The maximum Gasteiger partial charge on any atom is 0.309 e. The van der Waals surface area contributed by atoms with Gasteiger partial charge in [-0.1, -0.05) is 37.3 Å². The Bertz CT molecular complexity index is 894. The van der Waals surface area contributed by atoms with Crippen LogP contribution < -0.4 is 0 Å². The average Bonchev–Trinajstić information content (AvgIpc) is 2.75. The summed E-state index contributed by atoms with van der Waals surface area (Å²) < 4.78 is 16.1. The first-order valence-corrected chi connectivity index (χ1v) is 10.8. The van der Waals surface area contributed by atoms with E-state index in [4.69, 9.17) is 14.2 Å². The van der Waals surface area contributed by atoms with Gasteiger partial charge in [-0.2, -0.15) is 0 Å². The molecule has 1 aromatic carbocycles. The molecule has 1 heterocycles. The van der Waals surface area contributed by atoms with E-state index in [1.165, 1.54) is 14.0 Å². The predicted molar refractivity (Wildman–Crippen MR) is 108 cm³/mol. The minimum absolute atomic E-state index is 0.113. The number of ether oxygens (including phenoxy) is 3. The number of cyclic esters (lactones) is 1. The summed E-state index contributed by atoms with van der Waals surface area (Å²) in [5.74, 6) is -3.35. The lowest BCUT2D eigenvalue weighted by Gasteiger charge is -2.56. The fourth-order valence-corrected chi connectivity index (χ4v) is 6.09. The Kier molecular flexibility index (Phi) is 5.62. The van der Waals surface area contributed by atoms with Crippen LogP contribution in [0.1, 0.15) is 51.2 Å². The molecule has 1 aromatic rings. The van der Waals surface area contributed by atoms with E-state index >= 15 is 0 Å². The van der Waals surface area contributed by atoms with Gasteiger partial charge < -0.3 is 14.2 Å². The summed E-state index contributed by atoms with van der Waals surface area (Å²) in [6.07, 6.45) is 0.233. The van der Waals surface area contributed by atoms with E-state index in [0.717, 1.165) is 5.56 Å². The highest BCUT2D eigenvalue weighted by Crippen LogP contribution is 2.59. The minimum Gasteiger partial charge on any atom is -0.469 e. The Morgan fingerprint density at radius 2 is 1.84 bits per heavy atom. The zero-order valence-corrected chi connectivity index (χ0v) is 18.0. The van der Waals surface area contributed by atoms with E-state index in [1.807, 2.05) is 37.3 Å². The number of carbonyl (C=O) groups is 4. The van der Waals surface area contributed by atoms with Gasteiger partial charge in [0.05, 0.1) is 18.9 Å². The molecule has 0 bridgehead atoms. The highest BCUT2D eigenvalue weighted by molar-refractivity contribution is 5.92. The topological polar surface area (TPSA) is 96.0 Å². The Labute approximate surface area is 181 Å². The Hall–Kier alpha value is -2.70. The van der Waals surface area contributed by atoms with Crippen LogP contribution in [0, 0.1) is 29.1 Å². The van der Waals surface area contributed by atoms with Gasteiger partial charge in [-0.3, -0.25) is 19.2 Å². The van der Waals surface area contributed by atoms with Crippen LogP contribution in [0.4, 0.5) is 0 Å². The molecule has 166 valence electrons. The lowest BCUT2D eigenvalue weighted by molar-refractivity contribution is -0.194. The SMILES string of the molecule is COC(=O)[C@@H]1C[C@H](OC(C)=O)C(=O)[C@@H]2[C@H]3C[C@H](c4ccccc4)OC(=O)[C@@H]3CC[C@]21C. The number of esters is 3. The van der Waals surface area contributed by atoms with E-state index in [0.29, 0.717) is 19.3 Å². The van der Waals surface area contributed by atoms with Crippen molar-refractivity contribution in [2.45, 2.75) is 51.7 Å². The molecule has 31 heavy (non-hydrogen) atoms. The standard InChI is InChI=1S/C24H28O7/c1-13(25)30-19-12-17(23(28)29-3)24(2)10-9-15-16(20(24)21(19)26)11-18(31-22(15)27)14-7-5-4-6-8-14/h4-8,15-20H,9-12H2,1-3H3/t15-,16+,17+,18-,19+,20+,24+/m1/s1. The third-order valence-corrected chi connectivity index (χ3v) is 7.53. The van der Waals surface area contributed by atoms with Crippen LogP contribution in [-0.2, 0) is 33.4 Å². The summed E-state index contributed by atoms with van der Waals surface area (Å²) in [5, 5.41) is 0. The summed E-state index contributed by atoms with van der Waals surface area (Å²) >= 11 is 0. The van der Waals surface area contributed by atoms with Crippen molar-refractivity contribution in [3.8, 4) is 0 Å². The van der Waals surface area contributed by atoms with Gasteiger partial charge in [-0.15, -0.1) is 0 Å². The zero-order valence-electron chi connectivity index (χ0n) is 18.0. The first kappa shape index (κ1) is 21.5. The van der Waals surface area contributed by atoms with Crippen molar-refractivity contribution >= 4 is 23.7 Å². The summed E-state index contributed by atoms with van der Waals surface area (Å²) in [6, 6.07) is 9.47. The lowest BCUT2D eigenvalue weighted by Crippen LogP contribution is -2.61. The van der Waals surface area contributed by atoms with Crippen LogP contribution in [0.2, 0.25) is 0 Å². The number of benzene rings is 1. The maximum atomic E-state index is 13.6. The number of hydrogen-bond donors (Lipinski definition) is 0. The average molecular weight is 428 g/mol. The fraction of sp³-hybridized carbons (Fsp3) is 0.583. The Morgan fingerprint density at radius 3 is 2.48 bits per heavy atom. The first-order valence-electron chi connectivity index (χ1n) is 10.8. The molecular formula is C24H28O7. The molecule has 7 heteroatoms. The van der Waals surface area contributed by atoms with Crippen LogP contribution in [0.5, 0.6) is 0 Å². The summed E-state index contributed by atoms with van der Waals surface area (Å²) in [5.41, 5.74) is 0.215. The van der Waals surface area contributed by atoms with Gasteiger partial charge in [0.25, 0.3) is 0 Å². The molecule has 0 aromatic heterocycles. The molecule has 1 aliphatic heterocycles. The molecule has 0 N–H and O–H groups in total. The van der Waals surface area contributed by atoms with E-state index < -0.39 is 47.3 Å². The highest BCUT2D eigenvalue weighted by Gasteiger charge is 2.63. The minimum atomic E-state index is -1.01. The van der Waals surface area contributed by atoms with Crippen molar-refractivity contribution in [1.82, 2.24) is 0 Å². The van der Waals surface area contributed by atoms with Crippen molar-refractivity contribution in [2.24, 2.45) is 29.1 Å². The molecule has 0 radical (unpaired) electrons. The number of carbonyl (C=O) groups excluding carboxylic acids is 4. The quantitative estimate of drug-likeness (QED) is 0.539. The van der Waals surface area contributed by atoms with E-state index in [1.54, 1.807) is 0 Å². The molecule has 0 unspecified atom stereocenters. The molecule has 3 fully saturated rings. The Morgan fingerprint density at radius 1 is 1.13 bits per heavy atom. The zero-order chi connectivity index (χ0) is 22.3. The van der Waals surface area contributed by atoms with Crippen molar-refractivity contribution in [3.05, 3.63) is 35.9 Å². The molecule has 2 saturated carbocycles. The highest BCUT2D eigenvalue weighted by atomic mass is 16.6. The van der Waals surface area contributed by atoms with Crippen LogP contribution in [-0.4, -0.2) is 36.9 Å². The van der Waals surface area contributed by atoms with E-state index in [-0.39, 0.29) is 24.1 Å². The summed E-state index contributed by atoms with van der Waals surface area (Å²) in [7, 11) is 1.33. The van der Waals surface area contributed by atoms with Crippen LogP contribution in [0.15, 0.2) is 30.3 Å². The van der Waals surface area contributed by atoms with Gasteiger partial charge >= 0.3 is 17.9 Å². The monoisotopic (exact) mass is 428 g/mol. The number of ketones is 1. The van der Waals surface area contributed by atoms with Gasteiger partial charge in [0.2, 0.25) is 0 Å². The first-order chi connectivity index (χ1) is 14.8. The van der Waals surface area contributed by atoms with Crippen LogP contribution in [0.3, 0.4) is 0 Å². The number of rotatable bonds is 3. The van der Waals surface area contributed by atoms with Gasteiger partial charge in [0.1, 0.15) is 6.10 Å². The second kappa shape index (κ2) is 8.09. The molecule has 0 amide bonds. The summed E-state index contributed by atoms with van der Waals surface area (Å²) in [6.45, 7) is 3.19. The van der Waals surface area contributed by atoms with Gasteiger partial charge in [-0.25, -0.2) is 0 Å². The van der Waals surface area contributed by atoms with Crippen molar-refractivity contribution in [2.75, 3.05) is 7.11 Å². The van der Waals surface area contributed by atoms with Crippen molar-refractivity contribution in [3.63, 3.8) is 0 Å². The van der Waals surface area contributed by atoms with E-state index in [2.05, 4.69) is 0 Å². The lowest BCUT2D eigenvalue weighted by atomic mass is 9.48. The van der Waals surface area contributed by atoms with Crippen molar-refractivity contribution in [1.29, 1.82) is 0 Å². The molecule has 0 spiro atoms. The second-order valence-corrected chi connectivity index (χ2v) is 9.18. The Balaban J connectivity index is 1.73. The van der Waals surface area contributed by atoms with Gasteiger partial charge in [-0.05, 0) is 36.2 Å². The number of fused-ring (bicyclic) bond motifs is 3. The smallest absolute Gasteiger partial charge is 0.309 e. The second-order valence-electron chi connectivity index (χ2n) is 9.18. The number of hydrogen-bond acceptors (Lipinski definition) is 7. The molecule has 1 saturated heterocycles. The van der Waals surface area contributed by atoms with Crippen LogP contribution in [0.25, 0.3) is 0 Å². The number of Topliss-reactive ketones (excluding diaryl/α,β-unsaturated/α-hetero) is 1. The van der Waals surface area contributed by atoms with Crippen LogP contribution >= 0.6 is 0 Å². The van der Waals surface area contributed by atoms with E-state index in [9.17, 15) is 19.2 Å². The maximum absolute atomic E-state index is 13.6.